The first-order valence-corrected chi connectivity index (χ1v) is 11.0. The maximum Gasteiger partial charge on any atom is 0.228 e. The van der Waals surface area contributed by atoms with Crippen LogP contribution in [0.3, 0.4) is 0 Å². The highest BCUT2D eigenvalue weighted by Gasteiger charge is 2.23. The summed E-state index contributed by atoms with van der Waals surface area (Å²) in [4.78, 5) is 2.21. The van der Waals surface area contributed by atoms with Crippen LogP contribution in [-0.2, 0) is 17.7 Å². The molecule has 0 spiro atoms. The molecular weight excluding hydrogens is 394 g/mol. The van der Waals surface area contributed by atoms with Crippen LogP contribution < -0.4 is 4.90 Å². The van der Waals surface area contributed by atoms with Gasteiger partial charge in [0.25, 0.3) is 0 Å². The molecule has 1 atom stereocenters. The van der Waals surface area contributed by atoms with Gasteiger partial charge >= 0.3 is 0 Å². The molecule has 1 aromatic heterocycles. The quantitative estimate of drug-likeness (QED) is 0.544. The lowest BCUT2D eigenvalue weighted by atomic mass is 10.1. The van der Waals surface area contributed by atoms with E-state index in [4.69, 9.17) is 4.74 Å². The molecule has 6 nitrogen and oxygen atoms in total. The number of nitriles is 1. The lowest BCUT2D eigenvalue weighted by molar-refractivity contribution is 0.121. The van der Waals surface area contributed by atoms with Gasteiger partial charge in [-0.1, -0.05) is 71.9 Å². The van der Waals surface area contributed by atoms with Crippen molar-refractivity contribution in [3.05, 3.63) is 71.3 Å². The van der Waals surface area contributed by atoms with Gasteiger partial charge in [0.05, 0.1) is 25.8 Å². The summed E-state index contributed by atoms with van der Waals surface area (Å²) >= 11 is 1.49. The molecule has 1 saturated heterocycles. The van der Waals surface area contributed by atoms with Gasteiger partial charge in [-0.2, -0.15) is 5.26 Å². The minimum Gasteiger partial charge on any atom is -0.378 e. The highest BCUT2D eigenvalue weighted by Crippen LogP contribution is 2.28. The Hall–Kier alpha value is -2.82. The van der Waals surface area contributed by atoms with Gasteiger partial charge in [0, 0.05) is 13.1 Å². The molecule has 0 unspecified atom stereocenters. The van der Waals surface area contributed by atoms with Gasteiger partial charge in [-0.05, 0) is 24.5 Å². The molecule has 0 aliphatic carbocycles. The fourth-order valence-corrected chi connectivity index (χ4v) is 4.39. The predicted octanol–water partition coefficient (Wildman–Crippen LogP) is 3.70. The third-order valence-corrected chi connectivity index (χ3v) is 6.18. The molecule has 1 aliphatic rings. The van der Waals surface area contributed by atoms with Gasteiger partial charge in [0.1, 0.15) is 5.25 Å². The minimum atomic E-state index is -0.232. The van der Waals surface area contributed by atoms with E-state index in [2.05, 4.69) is 69.1 Å². The highest BCUT2D eigenvalue weighted by atomic mass is 32.2. The topological polar surface area (TPSA) is 67.0 Å². The smallest absolute Gasteiger partial charge is 0.228 e. The molecule has 0 bridgehead atoms. The Morgan fingerprint density at radius 2 is 1.77 bits per heavy atom. The molecule has 30 heavy (non-hydrogen) atoms. The molecule has 0 amide bonds. The van der Waals surface area contributed by atoms with E-state index in [0.29, 0.717) is 26.2 Å². The van der Waals surface area contributed by atoms with Crippen LogP contribution in [0.15, 0.2) is 59.8 Å². The monoisotopic (exact) mass is 419 g/mol. The number of ether oxygens (including phenoxy) is 1. The maximum absolute atomic E-state index is 9.78. The Morgan fingerprint density at radius 1 is 1.03 bits per heavy atom. The fourth-order valence-electron chi connectivity index (χ4n) is 3.45. The number of aromatic nitrogens is 3. The zero-order chi connectivity index (χ0) is 20.8. The maximum atomic E-state index is 9.78. The Morgan fingerprint density at radius 3 is 2.47 bits per heavy atom. The summed E-state index contributed by atoms with van der Waals surface area (Å²) in [6.07, 6.45) is 0.673. The number of rotatable bonds is 7. The summed E-state index contributed by atoms with van der Waals surface area (Å²) in [5.74, 6) is 0.844. The van der Waals surface area contributed by atoms with Crippen molar-refractivity contribution in [3.63, 3.8) is 0 Å². The molecule has 2 aromatic carbocycles. The second-order valence-corrected chi connectivity index (χ2v) is 8.55. The summed E-state index contributed by atoms with van der Waals surface area (Å²) < 4.78 is 7.63. The number of aryl methyl sites for hydroxylation is 1. The number of thioether (sulfide) groups is 1. The van der Waals surface area contributed by atoms with Crippen LogP contribution in [0.5, 0.6) is 0 Å². The van der Waals surface area contributed by atoms with E-state index >= 15 is 0 Å². The van der Waals surface area contributed by atoms with E-state index < -0.39 is 0 Å². The van der Waals surface area contributed by atoms with Crippen molar-refractivity contribution in [3.8, 4) is 6.07 Å². The van der Waals surface area contributed by atoms with E-state index in [0.717, 1.165) is 29.8 Å². The molecule has 0 radical (unpaired) electrons. The molecule has 4 rings (SSSR count). The van der Waals surface area contributed by atoms with Crippen molar-refractivity contribution in [2.24, 2.45) is 0 Å². The third kappa shape index (κ3) is 5.02. The van der Waals surface area contributed by atoms with Gasteiger partial charge in [-0.15, -0.1) is 10.2 Å². The zero-order valence-electron chi connectivity index (χ0n) is 17.1. The molecule has 3 aromatic rings. The number of hydrogen-bond acceptors (Lipinski definition) is 6. The van der Waals surface area contributed by atoms with Gasteiger partial charge in [-0.25, -0.2) is 0 Å². The summed E-state index contributed by atoms with van der Waals surface area (Å²) in [6.45, 7) is 5.71. The van der Waals surface area contributed by atoms with Crippen molar-refractivity contribution in [1.82, 2.24) is 14.8 Å². The second kappa shape index (κ2) is 9.79. The van der Waals surface area contributed by atoms with Gasteiger partial charge in [0.2, 0.25) is 5.95 Å². The van der Waals surface area contributed by atoms with Gasteiger partial charge in [-0.3, -0.25) is 4.57 Å². The average Bonchev–Trinajstić information content (AvgIpc) is 3.18. The molecule has 2 heterocycles. The van der Waals surface area contributed by atoms with Crippen LogP contribution in [0, 0.1) is 18.3 Å². The Bertz CT molecular complexity index is 991. The van der Waals surface area contributed by atoms with Crippen molar-refractivity contribution in [2.75, 3.05) is 31.2 Å². The number of hydrogen-bond donors (Lipinski definition) is 0. The summed E-state index contributed by atoms with van der Waals surface area (Å²) in [7, 11) is 0. The van der Waals surface area contributed by atoms with Crippen LogP contribution in [0.1, 0.15) is 16.7 Å². The number of morpholine rings is 1. The normalized spacial score (nSPS) is 15.0. The van der Waals surface area contributed by atoms with Crippen molar-refractivity contribution in [2.45, 2.75) is 30.3 Å². The van der Waals surface area contributed by atoms with E-state index in [1.165, 1.54) is 22.9 Å². The number of nitrogens with zero attached hydrogens (tertiary/aromatic N) is 5. The fraction of sp³-hybridized carbons (Fsp3) is 0.348. The lowest BCUT2D eigenvalue weighted by Gasteiger charge is -2.28. The first-order valence-electron chi connectivity index (χ1n) is 10.1. The lowest BCUT2D eigenvalue weighted by Crippen LogP contribution is -2.38. The van der Waals surface area contributed by atoms with Crippen LogP contribution in [0.25, 0.3) is 0 Å². The third-order valence-electron chi connectivity index (χ3n) is 5.11. The zero-order valence-corrected chi connectivity index (χ0v) is 17.9. The Kier molecular flexibility index (Phi) is 6.67. The molecule has 1 aliphatic heterocycles. The second-order valence-electron chi connectivity index (χ2n) is 7.38. The van der Waals surface area contributed by atoms with Crippen LogP contribution in [-0.4, -0.2) is 46.3 Å². The number of benzene rings is 2. The largest absolute Gasteiger partial charge is 0.378 e. The Labute approximate surface area is 181 Å². The predicted molar refractivity (Wildman–Crippen MR) is 119 cm³/mol. The first-order chi connectivity index (χ1) is 14.7. The highest BCUT2D eigenvalue weighted by molar-refractivity contribution is 8.00. The van der Waals surface area contributed by atoms with Crippen LogP contribution in [0.4, 0.5) is 5.95 Å². The standard InChI is InChI=1S/C23H25N5OS/c1-18-7-9-19(10-8-18)15-21(16-24)30-23-26-25-22(27-11-13-29-14-12-27)28(23)17-20-5-3-2-4-6-20/h2-10,21H,11-15,17H2,1H3/t21-/m1/s1. The minimum absolute atomic E-state index is 0.232. The molecule has 0 N–H and O–H groups in total. The first kappa shape index (κ1) is 20.5. The van der Waals surface area contributed by atoms with E-state index in [1.807, 2.05) is 18.2 Å². The molecule has 7 heteroatoms. The number of anilines is 1. The summed E-state index contributed by atoms with van der Waals surface area (Å²) in [5.41, 5.74) is 3.56. The van der Waals surface area contributed by atoms with Crippen LogP contribution in [0.2, 0.25) is 0 Å². The van der Waals surface area contributed by atoms with E-state index in [9.17, 15) is 5.26 Å². The van der Waals surface area contributed by atoms with Crippen molar-refractivity contribution < 1.29 is 4.74 Å². The van der Waals surface area contributed by atoms with Crippen LogP contribution >= 0.6 is 11.8 Å². The summed E-state index contributed by atoms with van der Waals surface area (Å²) in [5, 5.41) is 19.3. The van der Waals surface area contributed by atoms with Gasteiger partial charge in [0.15, 0.2) is 5.16 Å². The molecule has 1 fully saturated rings. The van der Waals surface area contributed by atoms with Crippen molar-refractivity contribution in [1.29, 1.82) is 5.26 Å². The van der Waals surface area contributed by atoms with Gasteiger partial charge < -0.3 is 9.64 Å². The van der Waals surface area contributed by atoms with E-state index in [1.54, 1.807) is 0 Å². The molecule has 0 saturated carbocycles. The Balaban J connectivity index is 1.58. The summed E-state index contributed by atoms with van der Waals surface area (Å²) in [6, 6.07) is 21.1. The van der Waals surface area contributed by atoms with Crippen molar-refractivity contribution >= 4 is 17.7 Å². The molecule has 154 valence electrons. The SMILES string of the molecule is Cc1ccc(C[C@H](C#N)Sc2nnc(N3CCOCC3)n2Cc2ccccc2)cc1. The molecular formula is C23H25N5OS. The van der Waals surface area contributed by atoms with E-state index in [-0.39, 0.29) is 5.25 Å². The average molecular weight is 420 g/mol.